The Kier molecular flexibility index (Phi) is 3.06. The van der Waals surface area contributed by atoms with Crippen molar-refractivity contribution in [2.45, 2.75) is 51.6 Å². The molecule has 2 nitrogen and oxygen atoms in total. The number of hydrogen-bond donors (Lipinski definition) is 2. The fourth-order valence-electron chi connectivity index (χ4n) is 3.76. The Labute approximate surface area is 109 Å². The Morgan fingerprint density at radius 1 is 1.28 bits per heavy atom. The van der Waals surface area contributed by atoms with Gasteiger partial charge in [-0.25, -0.2) is 0 Å². The van der Waals surface area contributed by atoms with Crippen LogP contribution in [0.2, 0.25) is 0 Å². The molecule has 3 rings (SSSR count). The third-order valence-electron chi connectivity index (χ3n) is 4.86. The lowest BCUT2D eigenvalue weighted by atomic mass is 9.90. The van der Waals surface area contributed by atoms with Crippen LogP contribution in [0.25, 0.3) is 0 Å². The largest absolute Gasteiger partial charge is 0.398 e. The van der Waals surface area contributed by atoms with Gasteiger partial charge in [0, 0.05) is 11.3 Å². The molecule has 98 valence electrons. The van der Waals surface area contributed by atoms with Crippen molar-refractivity contribution in [3.63, 3.8) is 0 Å². The Morgan fingerprint density at radius 3 is 2.83 bits per heavy atom. The van der Waals surface area contributed by atoms with E-state index >= 15 is 0 Å². The standard InChI is InChI=1S/C16H23NO/c1-10-5-6-12(9-10)16(18)14-8-7-11-3-2-4-13(11)15(14)17/h7-8,10,12,16,18H,2-6,9,17H2,1H3. The van der Waals surface area contributed by atoms with Crippen molar-refractivity contribution in [2.75, 3.05) is 5.73 Å². The second-order valence-electron chi connectivity index (χ2n) is 6.18. The van der Waals surface area contributed by atoms with E-state index in [1.807, 2.05) is 0 Å². The maximum absolute atomic E-state index is 10.6. The molecule has 0 aromatic heterocycles. The van der Waals surface area contributed by atoms with Crippen LogP contribution < -0.4 is 5.73 Å². The summed E-state index contributed by atoms with van der Waals surface area (Å²) < 4.78 is 0. The third kappa shape index (κ3) is 1.93. The summed E-state index contributed by atoms with van der Waals surface area (Å²) in [5, 5.41) is 10.6. The SMILES string of the molecule is CC1CCC(C(O)c2ccc3c(c2N)CCC3)C1. The predicted octanol–water partition coefficient (Wildman–Crippen LogP) is 3.23. The number of aryl methyl sites for hydroxylation is 1. The third-order valence-corrected chi connectivity index (χ3v) is 4.86. The zero-order valence-electron chi connectivity index (χ0n) is 11.2. The molecule has 0 spiro atoms. The van der Waals surface area contributed by atoms with Gasteiger partial charge in [-0.05, 0) is 55.1 Å². The van der Waals surface area contributed by atoms with Gasteiger partial charge in [0.25, 0.3) is 0 Å². The molecular weight excluding hydrogens is 222 g/mol. The number of hydrogen-bond acceptors (Lipinski definition) is 2. The molecule has 0 heterocycles. The lowest BCUT2D eigenvalue weighted by molar-refractivity contribution is 0.110. The van der Waals surface area contributed by atoms with Crippen LogP contribution in [0, 0.1) is 11.8 Å². The van der Waals surface area contributed by atoms with Gasteiger partial charge in [0.1, 0.15) is 0 Å². The summed E-state index contributed by atoms with van der Waals surface area (Å²) in [7, 11) is 0. The number of rotatable bonds is 2. The molecule has 1 fully saturated rings. The molecule has 3 unspecified atom stereocenters. The second-order valence-corrected chi connectivity index (χ2v) is 6.18. The molecule has 1 aromatic carbocycles. The van der Waals surface area contributed by atoms with Gasteiger partial charge >= 0.3 is 0 Å². The van der Waals surface area contributed by atoms with Crippen LogP contribution in [0.1, 0.15) is 55.4 Å². The van der Waals surface area contributed by atoms with Crippen molar-refractivity contribution in [3.05, 3.63) is 28.8 Å². The molecule has 0 bridgehead atoms. The monoisotopic (exact) mass is 245 g/mol. The highest BCUT2D eigenvalue weighted by Gasteiger charge is 2.30. The molecule has 2 aliphatic rings. The zero-order valence-corrected chi connectivity index (χ0v) is 11.2. The van der Waals surface area contributed by atoms with Gasteiger partial charge in [0.05, 0.1) is 6.10 Å². The van der Waals surface area contributed by atoms with Crippen LogP contribution in [0.5, 0.6) is 0 Å². The molecule has 1 aromatic rings. The first-order valence-electron chi connectivity index (χ1n) is 7.25. The Balaban J connectivity index is 1.88. The minimum absolute atomic E-state index is 0.360. The average Bonchev–Trinajstić information content (AvgIpc) is 2.97. The molecule has 0 aliphatic heterocycles. The first kappa shape index (κ1) is 12.0. The molecule has 3 atom stereocenters. The summed E-state index contributed by atoms with van der Waals surface area (Å²) in [6, 6.07) is 4.24. The Hall–Kier alpha value is -1.02. The van der Waals surface area contributed by atoms with Crippen molar-refractivity contribution in [1.29, 1.82) is 0 Å². The van der Waals surface area contributed by atoms with E-state index in [4.69, 9.17) is 5.73 Å². The van der Waals surface area contributed by atoms with Crippen LogP contribution in [0.3, 0.4) is 0 Å². The topological polar surface area (TPSA) is 46.2 Å². The van der Waals surface area contributed by atoms with Gasteiger partial charge in [0.2, 0.25) is 0 Å². The number of anilines is 1. The number of benzene rings is 1. The molecule has 1 saturated carbocycles. The normalized spacial score (nSPS) is 28.3. The molecule has 2 heteroatoms. The van der Waals surface area contributed by atoms with Crippen LogP contribution in [0.15, 0.2) is 12.1 Å². The first-order chi connectivity index (χ1) is 8.66. The van der Waals surface area contributed by atoms with Crippen LogP contribution >= 0.6 is 0 Å². The number of nitrogens with two attached hydrogens (primary N) is 1. The molecular formula is C16H23NO. The molecule has 0 amide bonds. The second kappa shape index (κ2) is 4.58. The fraction of sp³-hybridized carbons (Fsp3) is 0.625. The highest BCUT2D eigenvalue weighted by Crippen LogP contribution is 2.42. The molecule has 18 heavy (non-hydrogen) atoms. The van der Waals surface area contributed by atoms with E-state index in [-0.39, 0.29) is 6.10 Å². The highest BCUT2D eigenvalue weighted by atomic mass is 16.3. The number of aliphatic hydroxyl groups excluding tert-OH is 1. The quantitative estimate of drug-likeness (QED) is 0.786. The molecule has 0 radical (unpaired) electrons. The predicted molar refractivity (Wildman–Crippen MR) is 74.3 cm³/mol. The highest BCUT2D eigenvalue weighted by molar-refractivity contribution is 5.59. The van der Waals surface area contributed by atoms with Crippen molar-refractivity contribution in [2.24, 2.45) is 11.8 Å². The summed E-state index contributed by atoms with van der Waals surface area (Å²) >= 11 is 0. The van der Waals surface area contributed by atoms with E-state index < -0.39 is 0 Å². The van der Waals surface area contributed by atoms with Gasteiger partial charge in [0.15, 0.2) is 0 Å². The maximum atomic E-state index is 10.6. The van der Waals surface area contributed by atoms with E-state index in [0.717, 1.165) is 42.9 Å². The molecule has 3 N–H and O–H groups in total. The number of aliphatic hydroxyl groups is 1. The van der Waals surface area contributed by atoms with Crippen molar-refractivity contribution in [1.82, 2.24) is 0 Å². The van der Waals surface area contributed by atoms with Crippen LogP contribution in [-0.2, 0) is 12.8 Å². The Morgan fingerprint density at radius 2 is 2.11 bits per heavy atom. The van der Waals surface area contributed by atoms with Gasteiger partial charge in [-0.3, -0.25) is 0 Å². The van der Waals surface area contributed by atoms with E-state index in [1.165, 1.54) is 24.0 Å². The average molecular weight is 245 g/mol. The first-order valence-corrected chi connectivity index (χ1v) is 7.25. The van der Waals surface area contributed by atoms with Gasteiger partial charge < -0.3 is 10.8 Å². The van der Waals surface area contributed by atoms with E-state index in [2.05, 4.69) is 19.1 Å². The summed E-state index contributed by atoms with van der Waals surface area (Å²) in [6.45, 7) is 2.28. The van der Waals surface area contributed by atoms with Crippen LogP contribution in [-0.4, -0.2) is 5.11 Å². The minimum Gasteiger partial charge on any atom is -0.398 e. The maximum Gasteiger partial charge on any atom is 0.0838 e. The minimum atomic E-state index is -0.360. The van der Waals surface area contributed by atoms with Crippen molar-refractivity contribution >= 4 is 5.69 Å². The number of fused-ring (bicyclic) bond motifs is 1. The smallest absolute Gasteiger partial charge is 0.0838 e. The zero-order chi connectivity index (χ0) is 12.7. The van der Waals surface area contributed by atoms with E-state index in [1.54, 1.807) is 0 Å². The summed E-state index contributed by atoms with van der Waals surface area (Å²) in [5.74, 6) is 1.15. The van der Waals surface area contributed by atoms with Gasteiger partial charge in [-0.1, -0.05) is 25.5 Å². The fourth-order valence-corrected chi connectivity index (χ4v) is 3.76. The summed E-state index contributed by atoms with van der Waals surface area (Å²) in [6.07, 6.45) is 6.60. The number of nitrogen functional groups attached to an aromatic ring is 1. The van der Waals surface area contributed by atoms with Gasteiger partial charge in [-0.15, -0.1) is 0 Å². The van der Waals surface area contributed by atoms with Crippen molar-refractivity contribution < 1.29 is 5.11 Å². The van der Waals surface area contributed by atoms with E-state index in [9.17, 15) is 5.11 Å². The Bertz CT molecular complexity index is 455. The molecule has 2 aliphatic carbocycles. The lowest BCUT2D eigenvalue weighted by Crippen LogP contribution is -2.13. The lowest BCUT2D eigenvalue weighted by Gasteiger charge is -2.21. The van der Waals surface area contributed by atoms with Crippen molar-refractivity contribution in [3.8, 4) is 0 Å². The summed E-state index contributed by atoms with van der Waals surface area (Å²) in [5.41, 5.74) is 10.8. The molecule has 0 saturated heterocycles. The summed E-state index contributed by atoms with van der Waals surface area (Å²) in [4.78, 5) is 0. The van der Waals surface area contributed by atoms with Crippen LogP contribution in [0.4, 0.5) is 5.69 Å². The van der Waals surface area contributed by atoms with E-state index in [0.29, 0.717) is 5.92 Å². The van der Waals surface area contributed by atoms with Gasteiger partial charge in [-0.2, -0.15) is 0 Å².